The zero-order valence-electron chi connectivity index (χ0n) is 8.97. The van der Waals surface area contributed by atoms with Gasteiger partial charge in [-0.15, -0.1) is 0 Å². The average molecular weight is 255 g/mol. The molecule has 2 aromatic heterocycles. The molecular formula is C10H13N3OS2. The molecule has 0 aliphatic heterocycles. The van der Waals surface area contributed by atoms with Gasteiger partial charge < -0.3 is 4.74 Å². The Morgan fingerprint density at radius 2 is 2.50 bits per heavy atom. The lowest BCUT2D eigenvalue weighted by atomic mass is 10.3. The number of rotatable bonds is 5. The summed E-state index contributed by atoms with van der Waals surface area (Å²) in [6.45, 7) is 4.09. The van der Waals surface area contributed by atoms with E-state index in [0.717, 1.165) is 24.5 Å². The van der Waals surface area contributed by atoms with E-state index in [9.17, 15) is 0 Å². The summed E-state index contributed by atoms with van der Waals surface area (Å²) in [5.74, 6) is 0.881. The number of nitrogens with zero attached hydrogens (tertiary/aromatic N) is 2. The van der Waals surface area contributed by atoms with Crippen LogP contribution in [0.15, 0.2) is 16.8 Å². The van der Waals surface area contributed by atoms with Gasteiger partial charge in [0.1, 0.15) is 0 Å². The maximum Gasteiger partial charge on any atom is 0.195 e. The van der Waals surface area contributed by atoms with Crippen molar-refractivity contribution in [2.75, 3.05) is 13.2 Å². The predicted molar refractivity (Wildman–Crippen MR) is 67.2 cm³/mol. The number of aromatic nitrogens is 3. The van der Waals surface area contributed by atoms with Gasteiger partial charge in [-0.1, -0.05) is 0 Å². The minimum atomic E-state index is 0.640. The van der Waals surface area contributed by atoms with Gasteiger partial charge >= 0.3 is 0 Å². The Bertz CT molecular complexity index is 486. The molecule has 16 heavy (non-hydrogen) atoms. The molecule has 0 aliphatic carbocycles. The van der Waals surface area contributed by atoms with Gasteiger partial charge in [-0.25, -0.2) is 0 Å². The molecular weight excluding hydrogens is 242 g/mol. The fourth-order valence-electron chi connectivity index (χ4n) is 1.44. The Morgan fingerprint density at radius 1 is 1.62 bits per heavy atom. The molecule has 1 N–H and O–H groups in total. The molecule has 2 heterocycles. The number of ether oxygens (including phenoxy) is 1. The summed E-state index contributed by atoms with van der Waals surface area (Å²) in [4.78, 5) is 0. The SMILES string of the molecule is CCOCCn1c(-c2ccsc2)n[nH]c1=S. The first-order valence-corrected chi connectivity index (χ1v) is 6.43. The van der Waals surface area contributed by atoms with E-state index in [1.54, 1.807) is 11.3 Å². The second-order valence-electron chi connectivity index (χ2n) is 3.21. The van der Waals surface area contributed by atoms with Crippen LogP contribution in [0.1, 0.15) is 6.92 Å². The highest BCUT2D eigenvalue weighted by Crippen LogP contribution is 2.19. The molecule has 0 unspecified atom stereocenters. The smallest absolute Gasteiger partial charge is 0.195 e. The zero-order chi connectivity index (χ0) is 11.4. The van der Waals surface area contributed by atoms with Crippen molar-refractivity contribution in [3.05, 3.63) is 21.6 Å². The van der Waals surface area contributed by atoms with Gasteiger partial charge in [0, 0.05) is 17.6 Å². The van der Waals surface area contributed by atoms with Crippen molar-refractivity contribution in [2.45, 2.75) is 13.5 Å². The number of H-pyrrole nitrogens is 1. The van der Waals surface area contributed by atoms with Crippen LogP contribution < -0.4 is 0 Å². The second-order valence-corrected chi connectivity index (χ2v) is 4.38. The van der Waals surface area contributed by atoms with E-state index in [1.807, 2.05) is 22.9 Å². The second kappa shape index (κ2) is 5.38. The van der Waals surface area contributed by atoms with Gasteiger partial charge in [0.05, 0.1) is 13.2 Å². The van der Waals surface area contributed by atoms with Crippen LogP contribution in [-0.2, 0) is 11.3 Å². The maximum absolute atomic E-state index is 5.33. The quantitative estimate of drug-likeness (QED) is 0.660. The molecule has 0 bridgehead atoms. The van der Waals surface area contributed by atoms with E-state index in [1.165, 1.54) is 0 Å². The van der Waals surface area contributed by atoms with E-state index < -0.39 is 0 Å². The summed E-state index contributed by atoms with van der Waals surface area (Å²) in [6.07, 6.45) is 0. The summed E-state index contributed by atoms with van der Waals surface area (Å²) in [7, 11) is 0. The summed E-state index contributed by atoms with van der Waals surface area (Å²) >= 11 is 6.84. The van der Waals surface area contributed by atoms with E-state index >= 15 is 0 Å². The number of hydrogen-bond donors (Lipinski definition) is 1. The highest BCUT2D eigenvalue weighted by atomic mass is 32.1. The Morgan fingerprint density at radius 3 is 3.19 bits per heavy atom. The molecule has 0 aliphatic rings. The Balaban J connectivity index is 2.23. The standard InChI is InChI=1S/C10H13N3OS2/c1-2-14-5-4-13-9(11-12-10(13)15)8-3-6-16-7-8/h3,6-7H,2,4-5H2,1H3,(H,12,15). The van der Waals surface area contributed by atoms with Crippen LogP contribution in [0.4, 0.5) is 0 Å². The van der Waals surface area contributed by atoms with Crippen LogP contribution >= 0.6 is 23.6 Å². The molecule has 4 nitrogen and oxygen atoms in total. The van der Waals surface area contributed by atoms with E-state index in [4.69, 9.17) is 17.0 Å². The van der Waals surface area contributed by atoms with Gasteiger partial charge in [-0.3, -0.25) is 9.67 Å². The molecule has 0 radical (unpaired) electrons. The first-order valence-electron chi connectivity index (χ1n) is 5.08. The van der Waals surface area contributed by atoms with Gasteiger partial charge in [0.15, 0.2) is 10.6 Å². The molecule has 0 aromatic carbocycles. The highest BCUT2D eigenvalue weighted by Gasteiger charge is 2.08. The highest BCUT2D eigenvalue weighted by molar-refractivity contribution is 7.71. The number of nitrogens with one attached hydrogen (secondary N) is 1. The van der Waals surface area contributed by atoms with Gasteiger partial charge in [0.25, 0.3) is 0 Å². The van der Waals surface area contributed by atoms with Crippen molar-refractivity contribution in [3.8, 4) is 11.4 Å². The third-order valence-electron chi connectivity index (χ3n) is 2.20. The number of hydrogen-bond acceptors (Lipinski definition) is 4. The summed E-state index contributed by atoms with van der Waals surface area (Å²) in [5.41, 5.74) is 1.09. The lowest BCUT2D eigenvalue weighted by Gasteiger charge is -2.05. The van der Waals surface area contributed by atoms with Crippen LogP contribution in [0.5, 0.6) is 0 Å². The normalized spacial score (nSPS) is 10.8. The number of aromatic amines is 1. The molecule has 6 heteroatoms. The molecule has 0 saturated heterocycles. The lowest BCUT2D eigenvalue weighted by molar-refractivity contribution is 0.139. The Hall–Kier alpha value is -0.980. The molecule has 0 fully saturated rings. The average Bonchev–Trinajstić information content (AvgIpc) is 2.89. The van der Waals surface area contributed by atoms with Crippen molar-refractivity contribution >= 4 is 23.6 Å². The zero-order valence-corrected chi connectivity index (χ0v) is 10.6. The van der Waals surface area contributed by atoms with Gasteiger partial charge in [0.2, 0.25) is 0 Å². The van der Waals surface area contributed by atoms with Crippen molar-refractivity contribution in [3.63, 3.8) is 0 Å². The molecule has 0 amide bonds. The topological polar surface area (TPSA) is 42.8 Å². The van der Waals surface area contributed by atoms with Gasteiger partial charge in [-0.2, -0.15) is 16.4 Å². The molecule has 0 spiro atoms. The largest absolute Gasteiger partial charge is 0.380 e. The van der Waals surface area contributed by atoms with E-state index in [-0.39, 0.29) is 0 Å². The first kappa shape index (κ1) is 11.5. The third-order valence-corrected chi connectivity index (χ3v) is 3.20. The third kappa shape index (κ3) is 2.40. The minimum absolute atomic E-state index is 0.640. The molecule has 2 rings (SSSR count). The van der Waals surface area contributed by atoms with Crippen LogP contribution in [0, 0.1) is 4.77 Å². The summed E-state index contributed by atoms with van der Waals surface area (Å²) in [6, 6.07) is 2.03. The van der Waals surface area contributed by atoms with Gasteiger partial charge in [-0.05, 0) is 30.6 Å². The fraction of sp³-hybridized carbons (Fsp3) is 0.400. The van der Waals surface area contributed by atoms with Crippen molar-refractivity contribution in [1.82, 2.24) is 14.8 Å². The Labute approximate surface area is 103 Å². The van der Waals surface area contributed by atoms with Crippen LogP contribution in [0.3, 0.4) is 0 Å². The summed E-state index contributed by atoms with van der Waals surface area (Å²) < 4.78 is 7.93. The molecule has 0 atom stereocenters. The van der Waals surface area contributed by atoms with E-state index in [0.29, 0.717) is 11.4 Å². The molecule has 86 valence electrons. The minimum Gasteiger partial charge on any atom is -0.380 e. The monoisotopic (exact) mass is 255 g/mol. The van der Waals surface area contributed by atoms with Crippen molar-refractivity contribution in [2.24, 2.45) is 0 Å². The van der Waals surface area contributed by atoms with Crippen molar-refractivity contribution < 1.29 is 4.74 Å². The fourth-order valence-corrected chi connectivity index (χ4v) is 2.30. The first-order chi connectivity index (χ1) is 7.83. The molecule has 2 aromatic rings. The number of thiophene rings is 1. The van der Waals surface area contributed by atoms with E-state index in [2.05, 4.69) is 15.6 Å². The predicted octanol–water partition coefficient (Wildman–Crippen LogP) is 2.71. The lowest BCUT2D eigenvalue weighted by Crippen LogP contribution is -2.07. The molecule has 0 saturated carbocycles. The Kier molecular flexibility index (Phi) is 3.87. The maximum atomic E-state index is 5.33. The van der Waals surface area contributed by atoms with Crippen LogP contribution in [-0.4, -0.2) is 28.0 Å². The van der Waals surface area contributed by atoms with Crippen LogP contribution in [0.2, 0.25) is 0 Å². The summed E-state index contributed by atoms with van der Waals surface area (Å²) in [5, 5.41) is 11.1. The van der Waals surface area contributed by atoms with Crippen molar-refractivity contribution in [1.29, 1.82) is 0 Å². The van der Waals surface area contributed by atoms with Crippen LogP contribution in [0.25, 0.3) is 11.4 Å².